The van der Waals surface area contributed by atoms with Gasteiger partial charge in [0.2, 0.25) is 5.91 Å². The Kier molecular flexibility index (Phi) is 54.1. The lowest BCUT2D eigenvalue weighted by atomic mass is 10.0. The number of carbonyl (C=O) groups is 2. The molecular weight excluding hydrogens is 815 g/mol. The van der Waals surface area contributed by atoms with Gasteiger partial charge in [-0.3, -0.25) is 9.59 Å². The molecule has 0 bridgehead atoms. The Labute approximate surface area is 411 Å². The molecule has 0 aliphatic heterocycles. The second kappa shape index (κ2) is 55.7. The van der Waals surface area contributed by atoms with Crippen molar-refractivity contribution in [2.45, 2.75) is 321 Å². The summed E-state index contributed by atoms with van der Waals surface area (Å²) in [5.41, 5.74) is 0. The Balaban J connectivity index is 3.49. The van der Waals surface area contributed by atoms with E-state index in [0.29, 0.717) is 19.4 Å². The number of aliphatic hydroxyl groups is 2. The number of aliphatic hydroxyl groups excluding tert-OH is 2. The minimum absolute atomic E-state index is 0.0179. The van der Waals surface area contributed by atoms with Gasteiger partial charge in [0.1, 0.15) is 0 Å². The molecule has 6 heteroatoms. The summed E-state index contributed by atoms with van der Waals surface area (Å²) in [6.07, 6.45) is 68.7. The standard InChI is InChI=1S/C60H113NO5/c1-3-5-7-9-11-13-15-17-19-21-23-24-26-28-32-36-40-44-48-52-58(63)57(56-62)61-59(64)53-49-45-41-37-33-30-31-35-39-43-47-51-55-66-60(65)54-50-46-42-38-34-29-27-25-22-20-18-16-14-12-10-8-6-4-2/h14,16,20,22,48,52,57-58,62-63H,3-13,15,17-19,21,23-47,49-51,53-56H2,1-2H3,(H,61,64)/b16-14-,22-20-,52-48+. The summed E-state index contributed by atoms with van der Waals surface area (Å²) >= 11 is 0. The molecule has 0 aliphatic rings. The van der Waals surface area contributed by atoms with E-state index in [1.807, 2.05) is 6.08 Å². The number of ether oxygens (including phenoxy) is 1. The van der Waals surface area contributed by atoms with E-state index in [0.717, 1.165) is 64.2 Å². The summed E-state index contributed by atoms with van der Waals surface area (Å²) in [6, 6.07) is -0.641. The van der Waals surface area contributed by atoms with Crippen LogP contribution >= 0.6 is 0 Å². The van der Waals surface area contributed by atoms with Crippen molar-refractivity contribution >= 4 is 11.9 Å². The molecule has 0 aliphatic carbocycles. The molecule has 0 aromatic carbocycles. The smallest absolute Gasteiger partial charge is 0.305 e. The minimum Gasteiger partial charge on any atom is -0.466 e. The number of allylic oxidation sites excluding steroid dienone is 5. The molecule has 6 nitrogen and oxygen atoms in total. The average Bonchev–Trinajstić information content (AvgIpc) is 3.32. The fraction of sp³-hybridized carbons (Fsp3) is 0.867. The van der Waals surface area contributed by atoms with E-state index >= 15 is 0 Å². The largest absolute Gasteiger partial charge is 0.466 e. The first kappa shape index (κ1) is 64.1. The summed E-state index contributed by atoms with van der Waals surface area (Å²) in [7, 11) is 0. The number of esters is 1. The maximum Gasteiger partial charge on any atom is 0.305 e. The van der Waals surface area contributed by atoms with Gasteiger partial charge in [-0.05, 0) is 64.2 Å². The SMILES string of the molecule is CCCCCC/C=C\C/C=C\CCCCCCCCCC(=O)OCCCCCCCCCCCCCCC(=O)NC(CO)C(O)/C=C/CCCCCCCCCCCCCCCCCCC. The van der Waals surface area contributed by atoms with Crippen molar-refractivity contribution < 1.29 is 24.5 Å². The van der Waals surface area contributed by atoms with Crippen LogP contribution in [0.2, 0.25) is 0 Å². The van der Waals surface area contributed by atoms with Crippen molar-refractivity contribution in [3.05, 3.63) is 36.5 Å². The van der Waals surface area contributed by atoms with Gasteiger partial charge in [-0.15, -0.1) is 0 Å². The number of nitrogens with one attached hydrogen (secondary N) is 1. The average molecular weight is 929 g/mol. The molecular formula is C60H113NO5. The van der Waals surface area contributed by atoms with E-state index in [4.69, 9.17) is 4.74 Å². The summed E-state index contributed by atoms with van der Waals surface area (Å²) in [5.74, 6) is -0.100. The molecule has 1 amide bonds. The number of hydrogen-bond acceptors (Lipinski definition) is 5. The maximum absolute atomic E-state index is 12.5. The predicted molar refractivity (Wildman–Crippen MR) is 287 cm³/mol. The molecule has 0 rings (SSSR count). The number of amides is 1. The lowest BCUT2D eigenvalue weighted by Crippen LogP contribution is -2.45. The maximum atomic E-state index is 12.5. The Morgan fingerprint density at radius 2 is 0.758 bits per heavy atom. The van der Waals surface area contributed by atoms with Crippen LogP contribution in [0.4, 0.5) is 0 Å². The van der Waals surface area contributed by atoms with Gasteiger partial charge in [-0.1, -0.05) is 269 Å². The summed E-state index contributed by atoms with van der Waals surface area (Å²) in [4.78, 5) is 24.6. The van der Waals surface area contributed by atoms with Crippen LogP contribution in [-0.4, -0.2) is 47.4 Å². The van der Waals surface area contributed by atoms with Crippen LogP contribution in [0.3, 0.4) is 0 Å². The van der Waals surface area contributed by atoms with Gasteiger partial charge >= 0.3 is 5.97 Å². The van der Waals surface area contributed by atoms with E-state index in [-0.39, 0.29) is 18.5 Å². The molecule has 3 N–H and O–H groups in total. The van der Waals surface area contributed by atoms with Crippen LogP contribution < -0.4 is 5.32 Å². The van der Waals surface area contributed by atoms with Gasteiger partial charge in [0.05, 0.1) is 25.4 Å². The Morgan fingerprint density at radius 3 is 1.17 bits per heavy atom. The zero-order valence-electron chi connectivity index (χ0n) is 44.2. The van der Waals surface area contributed by atoms with Crippen molar-refractivity contribution in [2.75, 3.05) is 13.2 Å². The van der Waals surface area contributed by atoms with Crippen molar-refractivity contribution in [2.24, 2.45) is 0 Å². The second-order valence-corrected chi connectivity index (χ2v) is 20.0. The highest BCUT2D eigenvalue weighted by atomic mass is 16.5. The number of carbonyl (C=O) groups excluding carboxylic acids is 2. The molecule has 2 atom stereocenters. The van der Waals surface area contributed by atoms with Crippen LogP contribution in [-0.2, 0) is 14.3 Å². The van der Waals surface area contributed by atoms with Crippen LogP contribution in [0.5, 0.6) is 0 Å². The number of unbranched alkanes of at least 4 members (excludes halogenated alkanes) is 39. The molecule has 2 unspecified atom stereocenters. The normalized spacial score (nSPS) is 12.8. The van der Waals surface area contributed by atoms with Crippen LogP contribution in [0, 0.1) is 0 Å². The van der Waals surface area contributed by atoms with Gasteiger partial charge in [0.25, 0.3) is 0 Å². The topological polar surface area (TPSA) is 95.9 Å². The van der Waals surface area contributed by atoms with E-state index in [1.165, 1.54) is 218 Å². The van der Waals surface area contributed by atoms with Crippen LogP contribution in [0.15, 0.2) is 36.5 Å². The van der Waals surface area contributed by atoms with Gasteiger partial charge in [-0.25, -0.2) is 0 Å². The first-order chi connectivity index (χ1) is 32.5. The van der Waals surface area contributed by atoms with E-state index in [2.05, 4.69) is 43.5 Å². The predicted octanol–water partition coefficient (Wildman–Crippen LogP) is 18.0. The molecule has 0 heterocycles. The van der Waals surface area contributed by atoms with Crippen molar-refractivity contribution in [3.63, 3.8) is 0 Å². The van der Waals surface area contributed by atoms with E-state index in [1.54, 1.807) is 6.08 Å². The molecule has 0 saturated carbocycles. The highest BCUT2D eigenvalue weighted by Crippen LogP contribution is 2.17. The fourth-order valence-corrected chi connectivity index (χ4v) is 8.90. The Hall–Kier alpha value is -1.92. The number of rotatable bonds is 54. The van der Waals surface area contributed by atoms with Crippen molar-refractivity contribution in [1.82, 2.24) is 5.32 Å². The van der Waals surface area contributed by atoms with Crippen LogP contribution in [0.25, 0.3) is 0 Å². The van der Waals surface area contributed by atoms with Gasteiger partial charge < -0.3 is 20.3 Å². The highest BCUT2D eigenvalue weighted by Gasteiger charge is 2.18. The Morgan fingerprint density at radius 1 is 0.424 bits per heavy atom. The lowest BCUT2D eigenvalue weighted by molar-refractivity contribution is -0.143. The summed E-state index contributed by atoms with van der Waals surface area (Å²) < 4.78 is 5.47. The molecule has 0 saturated heterocycles. The third-order valence-electron chi connectivity index (χ3n) is 13.4. The molecule has 0 fully saturated rings. The first-order valence-corrected chi connectivity index (χ1v) is 29.3. The van der Waals surface area contributed by atoms with Gasteiger partial charge in [-0.2, -0.15) is 0 Å². The molecule has 0 radical (unpaired) electrons. The molecule has 0 aromatic heterocycles. The summed E-state index contributed by atoms with van der Waals surface area (Å²) in [5, 5.41) is 23.1. The quantitative estimate of drug-likeness (QED) is 0.0321. The lowest BCUT2D eigenvalue weighted by Gasteiger charge is -2.20. The fourth-order valence-electron chi connectivity index (χ4n) is 8.90. The van der Waals surface area contributed by atoms with E-state index in [9.17, 15) is 19.8 Å². The van der Waals surface area contributed by atoms with E-state index < -0.39 is 12.1 Å². The molecule has 388 valence electrons. The minimum atomic E-state index is -0.856. The zero-order chi connectivity index (χ0) is 47.9. The van der Waals surface area contributed by atoms with Gasteiger partial charge in [0.15, 0.2) is 0 Å². The third kappa shape index (κ3) is 51.5. The molecule has 0 aromatic rings. The summed E-state index contributed by atoms with van der Waals surface area (Å²) in [6.45, 7) is 4.86. The molecule has 66 heavy (non-hydrogen) atoms. The monoisotopic (exact) mass is 928 g/mol. The van der Waals surface area contributed by atoms with Crippen molar-refractivity contribution in [1.29, 1.82) is 0 Å². The Bertz CT molecular complexity index is 1070. The molecule has 0 spiro atoms. The zero-order valence-corrected chi connectivity index (χ0v) is 44.2. The van der Waals surface area contributed by atoms with Gasteiger partial charge in [0, 0.05) is 12.8 Å². The highest BCUT2D eigenvalue weighted by molar-refractivity contribution is 5.76. The first-order valence-electron chi connectivity index (χ1n) is 29.3. The van der Waals surface area contributed by atoms with Crippen LogP contribution in [0.1, 0.15) is 309 Å². The third-order valence-corrected chi connectivity index (χ3v) is 13.4. The van der Waals surface area contributed by atoms with Crippen molar-refractivity contribution in [3.8, 4) is 0 Å². The number of hydrogen-bond donors (Lipinski definition) is 3. The second-order valence-electron chi connectivity index (χ2n) is 20.0.